The van der Waals surface area contributed by atoms with Crippen molar-refractivity contribution in [3.8, 4) is 55.6 Å². The highest BCUT2D eigenvalue weighted by Gasteiger charge is 2.52. The van der Waals surface area contributed by atoms with Gasteiger partial charge in [0.05, 0.1) is 5.41 Å². The van der Waals surface area contributed by atoms with Crippen molar-refractivity contribution in [2.75, 3.05) is 4.90 Å². The summed E-state index contributed by atoms with van der Waals surface area (Å²) in [7, 11) is 0. The molecule has 3 aliphatic carbocycles. The summed E-state index contributed by atoms with van der Waals surface area (Å²) < 4.78 is 6.97. The van der Waals surface area contributed by atoms with Gasteiger partial charge >= 0.3 is 0 Å². The van der Waals surface area contributed by atoms with Crippen molar-refractivity contribution in [2.24, 2.45) is 0 Å². The molecular formula is C73H49NO. The van der Waals surface area contributed by atoms with Gasteiger partial charge in [-0.25, -0.2) is 0 Å². The number of hydrogen-bond acceptors (Lipinski definition) is 2. The summed E-state index contributed by atoms with van der Waals surface area (Å²) >= 11 is 0. The van der Waals surface area contributed by atoms with Crippen LogP contribution in [0.5, 0.6) is 0 Å². The summed E-state index contributed by atoms with van der Waals surface area (Å²) in [4.78, 5) is 2.36. The van der Waals surface area contributed by atoms with Crippen LogP contribution in [0, 0.1) is 0 Å². The maximum Gasteiger partial charge on any atom is 0.143 e. The van der Waals surface area contributed by atoms with Crippen molar-refractivity contribution in [3.05, 3.63) is 312 Å². The molecule has 0 amide bonds. The number of allylic oxidation sites excluding steroid dienone is 4. The number of anilines is 3. The first-order valence-electron chi connectivity index (χ1n) is 26.2. The van der Waals surface area contributed by atoms with Crippen LogP contribution in [0.15, 0.2) is 283 Å². The van der Waals surface area contributed by atoms with E-state index in [0.29, 0.717) is 0 Å². The Labute approximate surface area is 437 Å². The Bertz CT molecular complexity index is 4210. The first kappa shape index (κ1) is 43.1. The lowest BCUT2D eigenvalue weighted by molar-refractivity contribution is 0.658. The number of benzene rings is 11. The highest BCUT2D eigenvalue weighted by molar-refractivity contribution is 6.11. The molecular weight excluding hydrogens is 907 g/mol. The zero-order valence-electron chi connectivity index (χ0n) is 41.2. The third-order valence-electron chi connectivity index (χ3n) is 16.3. The standard InChI is InChI=1S/C73H49NO/c1-3-18-50(19-4-1)56-22-7-8-23-59(56)62-29-16-31-64-63-30-15-28-58(71(63)75-72(62)64)52-38-36-48(37-39-52)49-40-44-54(45-41-49)74(53-20-5-2-6-21-53)55-46-42-51(43-47-55)57-27-17-35-69-70(57)65-26-11-14-34-68(65)73(69)66-32-12-9-24-60(66)61-25-10-13-33-67(61)73/h1-38,40-47,52H,39H2. The average Bonchev–Trinajstić information content (AvgIpc) is 4.13. The molecule has 3 aliphatic rings. The first-order chi connectivity index (χ1) is 37.2. The van der Waals surface area contributed by atoms with E-state index in [1.807, 2.05) is 0 Å². The normalized spacial score (nSPS) is 14.6. The Kier molecular flexibility index (Phi) is 9.96. The molecule has 1 aromatic heterocycles. The number of fused-ring (bicyclic) bond motifs is 13. The second kappa shape index (κ2) is 17.3. The van der Waals surface area contributed by atoms with Gasteiger partial charge in [-0.2, -0.15) is 0 Å². The van der Waals surface area contributed by atoms with Crippen molar-refractivity contribution >= 4 is 44.6 Å². The van der Waals surface area contributed by atoms with Crippen LogP contribution in [-0.4, -0.2) is 0 Å². The van der Waals surface area contributed by atoms with Gasteiger partial charge in [0, 0.05) is 44.9 Å². The Balaban J connectivity index is 0.732. The molecule has 0 radical (unpaired) electrons. The number of nitrogens with zero attached hydrogens (tertiary/aromatic N) is 1. The van der Waals surface area contributed by atoms with E-state index in [0.717, 1.165) is 51.0 Å². The molecule has 11 aromatic carbocycles. The Hall–Kier alpha value is -9.50. The van der Waals surface area contributed by atoms with Crippen molar-refractivity contribution in [3.63, 3.8) is 0 Å². The lowest BCUT2D eigenvalue weighted by Gasteiger charge is -2.30. The summed E-state index contributed by atoms with van der Waals surface area (Å²) in [5.74, 6) is 0.192. The molecule has 352 valence electrons. The molecule has 0 fully saturated rings. The monoisotopic (exact) mass is 955 g/mol. The van der Waals surface area contributed by atoms with E-state index in [-0.39, 0.29) is 11.3 Å². The highest BCUT2D eigenvalue weighted by atomic mass is 16.3. The molecule has 15 rings (SSSR count). The maximum absolute atomic E-state index is 6.97. The van der Waals surface area contributed by atoms with Crippen molar-refractivity contribution in [1.29, 1.82) is 0 Å². The third kappa shape index (κ3) is 6.66. The van der Waals surface area contributed by atoms with Gasteiger partial charge in [-0.15, -0.1) is 0 Å². The zero-order valence-corrected chi connectivity index (χ0v) is 41.2. The quantitative estimate of drug-likeness (QED) is 0.151. The number of furan rings is 1. The summed E-state index contributed by atoms with van der Waals surface area (Å²) in [5, 5.41) is 2.30. The fraction of sp³-hybridized carbons (Fsp3) is 0.0411. The molecule has 0 aliphatic heterocycles. The fourth-order valence-electron chi connectivity index (χ4n) is 13.0. The van der Waals surface area contributed by atoms with Gasteiger partial charge in [-0.05, 0) is 126 Å². The molecule has 0 N–H and O–H groups in total. The lowest BCUT2D eigenvalue weighted by Crippen LogP contribution is -2.25. The van der Waals surface area contributed by atoms with Gasteiger partial charge in [0.25, 0.3) is 0 Å². The third-order valence-corrected chi connectivity index (χ3v) is 16.3. The van der Waals surface area contributed by atoms with Gasteiger partial charge in [0.1, 0.15) is 11.2 Å². The van der Waals surface area contributed by atoms with E-state index in [9.17, 15) is 0 Å². The van der Waals surface area contributed by atoms with Gasteiger partial charge in [0.15, 0.2) is 0 Å². The van der Waals surface area contributed by atoms with E-state index in [1.54, 1.807) is 0 Å². The zero-order chi connectivity index (χ0) is 49.5. The van der Waals surface area contributed by atoms with E-state index in [1.165, 1.54) is 89.0 Å². The summed E-state index contributed by atoms with van der Waals surface area (Å²) in [6, 6.07) is 95.5. The van der Waals surface area contributed by atoms with Gasteiger partial charge in [-0.1, -0.05) is 243 Å². The minimum absolute atomic E-state index is 0.192. The number of para-hydroxylation sites is 3. The van der Waals surface area contributed by atoms with E-state index < -0.39 is 0 Å². The van der Waals surface area contributed by atoms with Crippen LogP contribution >= 0.6 is 0 Å². The minimum atomic E-state index is -0.372. The SMILES string of the molecule is C1=CC(c2cccc3c2oc2c(-c4ccccc4-c4ccccc4)cccc23)CC=C1c1ccc(N(c2ccccc2)c2ccc(-c3cccc4c3-c3ccccc3C43c4ccccc4-c4ccccc43)cc2)cc1. The van der Waals surface area contributed by atoms with E-state index in [4.69, 9.17) is 4.42 Å². The number of rotatable bonds is 8. The summed E-state index contributed by atoms with van der Waals surface area (Å²) in [6.45, 7) is 0. The molecule has 75 heavy (non-hydrogen) atoms. The first-order valence-corrected chi connectivity index (χ1v) is 26.2. The molecule has 1 atom stereocenters. The van der Waals surface area contributed by atoms with E-state index >= 15 is 0 Å². The van der Waals surface area contributed by atoms with Crippen LogP contribution in [0.4, 0.5) is 17.1 Å². The lowest BCUT2D eigenvalue weighted by atomic mass is 9.70. The molecule has 0 bridgehead atoms. The van der Waals surface area contributed by atoms with Gasteiger partial charge < -0.3 is 9.32 Å². The largest absolute Gasteiger partial charge is 0.455 e. The van der Waals surface area contributed by atoms with Gasteiger partial charge in [0.2, 0.25) is 0 Å². The smallest absolute Gasteiger partial charge is 0.143 e. The predicted molar refractivity (Wildman–Crippen MR) is 312 cm³/mol. The van der Waals surface area contributed by atoms with Crippen LogP contribution in [0.1, 0.15) is 45.7 Å². The average molecular weight is 956 g/mol. The van der Waals surface area contributed by atoms with Crippen molar-refractivity contribution in [2.45, 2.75) is 17.8 Å². The Morgan fingerprint density at radius 1 is 0.347 bits per heavy atom. The summed E-state index contributed by atoms with van der Waals surface area (Å²) in [5.41, 5.74) is 26.3. The summed E-state index contributed by atoms with van der Waals surface area (Å²) in [6.07, 6.45) is 7.93. The van der Waals surface area contributed by atoms with Gasteiger partial charge in [-0.3, -0.25) is 0 Å². The second-order valence-corrected chi connectivity index (χ2v) is 20.2. The van der Waals surface area contributed by atoms with Crippen LogP contribution in [-0.2, 0) is 5.41 Å². The number of hydrogen-bond donors (Lipinski definition) is 0. The molecule has 12 aromatic rings. The minimum Gasteiger partial charge on any atom is -0.455 e. The van der Waals surface area contributed by atoms with Crippen LogP contribution < -0.4 is 4.90 Å². The highest BCUT2D eigenvalue weighted by Crippen LogP contribution is 2.64. The fourth-order valence-corrected chi connectivity index (χ4v) is 13.0. The Morgan fingerprint density at radius 3 is 1.49 bits per heavy atom. The second-order valence-electron chi connectivity index (χ2n) is 20.2. The van der Waals surface area contributed by atoms with Crippen molar-refractivity contribution < 1.29 is 4.42 Å². The topological polar surface area (TPSA) is 16.4 Å². The maximum atomic E-state index is 6.97. The van der Waals surface area contributed by atoms with Crippen LogP contribution in [0.2, 0.25) is 0 Å². The van der Waals surface area contributed by atoms with Crippen LogP contribution in [0.25, 0.3) is 83.1 Å². The van der Waals surface area contributed by atoms with Crippen molar-refractivity contribution in [1.82, 2.24) is 0 Å². The molecule has 2 nitrogen and oxygen atoms in total. The van der Waals surface area contributed by atoms with E-state index in [2.05, 4.69) is 284 Å². The molecule has 0 saturated heterocycles. The molecule has 1 unspecified atom stereocenters. The molecule has 1 spiro atoms. The molecule has 2 heteroatoms. The molecule has 0 saturated carbocycles. The Morgan fingerprint density at radius 2 is 0.827 bits per heavy atom. The molecule has 1 heterocycles. The predicted octanol–water partition coefficient (Wildman–Crippen LogP) is 19.5. The van der Waals surface area contributed by atoms with Crippen LogP contribution in [0.3, 0.4) is 0 Å².